The lowest BCUT2D eigenvalue weighted by Gasteiger charge is -2.41. The highest BCUT2D eigenvalue weighted by molar-refractivity contribution is 14.1. The SMILES string of the molecule is CCCCCCN(C(=O)CC(C)C)C1CC(C(=O)NCCO)=CC(Oc2ccccc2I)C1O. The van der Waals surface area contributed by atoms with E-state index in [0.717, 1.165) is 29.3 Å². The normalized spacial score (nSPS) is 20.1. The molecule has 190 valence electrons. The van der Waals surface area contributed by atoms with E-state index in [9.17, 15) is 14.7 Å². The number of nitrogens with zero attached hydrogens (tertiary/aromatic N) is 1. The summed E-state index contributed by atoms with van der Waals surface area (Å²) in [5.74, 6) is 0.472. The van der Waals surface area contributed by atoms with Crippen molar-refractivity contribution in [1.29, 1.82) is 0 Å². The topological polar surface area (TPSA) is 99.1 Å². The molecular weight excluding hydrogens is 547 g/mol. The lowest BCUT2D eigenvalue weighted by molar-refractivity contribution is -0.139. The van der Waals surface area contributed by atoms with Crippen LogP contribution in [0.15, 0.2) is 35.9 Å². The summed E-state index contributed by atoms with van der Waals surface area (Å²) in [6, 6.07) is 6.92. The van der Waals surface area contributed by atoms with E-state index < -0.39 is 18.2 Å². The second kappa shape index (κ2) is 14.7. The minimum absolute atomic E-state index is 0.0133. The number of benzene rings is 1. The van der Waals surface area contributed by atoms with Gasteiger partial charge in [-0.2, -0.15) is 0 Å². The van der Waals surface area contributed by atoms with Crippen molar-refractivity contribution in [2.45, 2.75) is 77.5 Å². The molecule has 7 nitrogen and oxygen atoms in total. The van der Waals surface area contributed by atoms with Gasteiger partial charge in [-0.25, -0.2) is 0 Å². The first-order valence-corrected chi connectivity index (χ1v) is 13.3. The minimum atomic E-state index is -0.979. The summed E-state index contributed by atoms with van der Waals surface area (Å²) in [5, 5.41) is 23.2. The summed E-state index contributed by atoms with van der Waals surface area (Å²) in [6.45, 7) is 6.65. The third kappa shape index (κ3) is 8.53. The van der Waals surface area contributed by atoms with Gasteiger partial charge in [-0.05, 0) is 53.1 Å². The van der Waals surface area contributed by atoms with Gasteiger partial charge >= 0.3 is 0 Å². The zero-order valence-corrected chi connectivity index (χ0v) is 22.7. The smallest absolute Gasteiger partial charge is 0.247 e. The predicted molar refractivity (Wildman–Crippen MR) is 141 cm³/mol. The van der Waals surface area contributed by atoms with Crippen LogP contribution >= 0.6 is 22.6 Å². The van der Waals surface area contributed by atoms with Crippen LogP contribution < -0.4 is 10.1 Å². The van der Waals surface area contributed by atoms with Crippen molar-refractivity contribution in [2.75, 3.05) is 19.7 Å². The van der Waals surface area contributed by atoms with Gasteiger partial charge < -0.3 is 25.2 Å². The summed E-state index contributed by atoms with van der Waals surface area (Å²) >= 11 is 2.17. The number of carbonyl (C=O) groups is 2. The van der Waals surface area contributed by atoms with E-state index in [-0.39, 0.29) is 37.3 Å². The second-order valence-electron chi connectivity index (χ2n) is 9.19. The molecule has 0 bridgehead atoms. The van der Waals surface area contributed by atoms with Crippen molar-refractivity contribution in [1.82, 2.24) is 10.2 Å². The number of halogens is 1. The van der Waals surface area contributed by atoms with Gasteiger partial charge in [-0.15, -0.1) is 0 Å². The number of unbranched alkanes of at least 4 members (excludes halogenated alkanes) is 3. The highest BCUT2D eigenvalue weighted by atomic mass is 127. The predicted octanol–water partition coefficient (Wildman–Crippen LogP) is 3.66. The van der Waals surface area contributed by atoms with Crippen molar-refractivity contribution >= 4 is 34.4 Å². The first kappa shape index (κ1) is 28.6. The van der Waals surface area contributed by atoms with Crippen LogP contribution in [0.1, 0.15) is 59.3 Å². The van der Waals surface area contributed by atoms with E-state index >= 15 is 0 Å². The Kier molecular flexibility index (Phi) is 12.3. The lowest BCUT2D eigenvalue weighted by atomic mass is 9.87. The second-order valence-corrected chi connectivity index (χ2v) is 10.4. The number of aliphatic hydroxyl groups is 2. The van der Waals surface area contributed by atoms with Crippen LogP contribution in [-0.4, -0.2) is 64.9 Å². The van der Waals surface area contributed by atoms with Gasteiger partial charge in [-0.1, -0.05) is 52.2 Å². The molecule has 2 rings (SSSR count). The minimum Gasteiger partial charge on any atom is -0.482 e. The van der Waals surface area contributed by atoms with Crippen molar-refractivity contribution < 1.29 is 24.5 Å². The van der Waals surface area contributed by atoms with Gasteiger partial charge in [0, 0.05) is 31.5 Å². The Balaban J connectivity index is 2.35. The zero-order valence-electron chi connectivity index (χ0n) is 20.5. The zero-order chi connectivity index (χ0) is 25.1. The number of amides is 2. The average Bonchev–Trinajstić information content (AvgIpc) is 2.80. The van der Waals surface area contributed by atoms with Crippen LogP contribution in [0, 0.1) is 9.49 Å². The molecule has 0 saturated heterocycles. The quantitative estimate of drug-likeness (QED) is 0.242. The molecule has 3 N–H and O–H groups in total. The molecule has 1 aliphatic rings. The Hall–Kier alpha value is -1.65. The van der Waals surface area contributed by atoms with Crippen molar-refractivity contribution in [2.24, 2.45) is 5.92 Å². The standard InChI is InChI=1S/C26H39IN2O5/c1-4-5-6-9-13-29(24(31)15-18(2)3)21-16-19(26(33)28-12-14-30)17-23(25(21)32)34-22-11-8-7-10-20(22)27/h7-8,10-11,17-18,21,23,25,30,32H,4-6,9,12-16H2,1-3H3,(H,28,33). The molecule has 1 aromatic carbocycles. The van der Waals surface area contributed by atoms with Gasteiger partial charge in [0.1, 0.15) is 18.0 Å². The maximum absolute atomic E-state index is 13.2. The number of ether oxygens (including phenoxy) is 1. The van der Waals surface area contributed by atoms with Crippen LogP contribution in [0.5, 0.6) is 5.75 Å². The molecule has 34 heavy (non-hydrogen) atoms. The van der Waals surface area contributed by atoms with Crippen LogP contribution in [-0.2, 0) is 9.59 Å². The van der Waals surface area contributed by atoms with E-state index in [0.29, 0.717) is 24.3 Å². The fourth-order valence-electron chi connectivity index (χ4n) is 4.12. The Bertz CT molecular complexity index is 829. The average molecular weight is 587 g/mol. The van der Waals surface area contributed by atoms with E-state index in [1.165, 1.54) is 0 Å². The molecule has 0 radical (unpaired) electrons. The van der Waals surface area contributed by atoms with Crippen LogP contribution in [0.4, 0.5) is 0 Å². The molecule has 0 saturated carbocycles. The highest BCUT2D eigenvalue weighted by Gasteiger charge is 2.40. The fraction of sp³-hybridized carbons (Fsp3) is 0.615. The Morgan fingerprint density at radius 3 is 2.62 bits per heavy atom. The number of carbonyl (C=O) groups excluding carboxylic acids is 2. The largest absolute Gasteiger partial charge is 0.482 e. The molecule has 1 aliphatic carbocycles. The number of para-hydroxylation sites is 1. The van der Waals surface area contributed by atoms with E-state index in [4.69, 9.17) is 9.84 Å². The molecule has 1 aromatic rings. The first-order chi connectivity index (χ1) is 16.3. The molecule has 8 heteroatoms. The summed E-state index contributed by atoms with van der Waals surface area (Å²) < 4.78 is 7.06. The maximum atomic E-state index is 13.2. The molecule has 0 heterocycles. The van der Waals surface area contributed by atoms with Crippen molar-refractivity contribution in [3.63, 3.8) is 0 Å². The fourth-order valence-corrected chi connectivity index (χ4v) is 4.63. The molecular formula is C26H39IN2O5. The van der Waals surface area contributed by atoms with Gasteiger partial charge in [0.25, 0.3) is 0 Å². The van der Waals surface area contributed by atoms with Crippen LogP contribution in [0.25, 0.3) is 0 Å². The Morgan fingerprint density at radius 1 is 1.24 bits per heavy atom. The third-order valence-electron chi connectivity index (χ3n) is 5.87. The summed E-state index contributed by atoms with van der Waals surface area (Å²) in [4.78, 5) is 27.8. The van der Waals surface area contributed by atoms with Gasteiger partial charge in [0.05, 0.1) is 16.2 Å². The monoisotopic (exact) mass is 586 g/mol. The summed E-state index contributed by atoms with van der Waals surface area (Å²) in [7, 11) is 0. The van der Waals surface area contributed by atoms with Crippen LogP contribution in [0.3, 0.4) is 0 Å². The number of hydrogen-bond acceptors (Lipinski definition) is 5. The Morgan fingerprint density at radius 2 is 1.97 bits per heavy atom. The molecule has 3 atom stereocenters. The molecule has 0 aliphatic heterocycles. The summed E-state index contributed by atoms with van der Waals surface area (Å²) in [5.41, 5.74) is 0.454. The molecule has 0 aromatic heterocycles. The number of rotatable bonds is 13. The number of nitrogens with one attached hydrogen (secondary N) is 1. The number of aliphatic hydroxyl groups excluding tert-OH is 2. The first-order valence-electron chi connectivity index (χ1n) is 12.3. The summed E-state index contributed by atoms with van der Waals surface area (Å²) in [6.07, 6.45) is 4.55. The Labute approximate surface area is 217 Å². The van der Waals surface area contributed by atoms with E-state index in [1.807, 2.05) is 38.1 Å². The molecule has 0 fully saturated rings. The number of hydrogen-bond donors (Lipinski definition) is 3. The van der Waals surface area contributed by atoms with Crippen molar-refractivity contribution in [3.8, 4) is 5.75 Å². The van der Waals surface area contributed by atoms with Crippen molar-refractivity contribution in [3.05, 3.63) is 39.5 Å². The molecule has 3 unspecified atom stereocenters. The molecule has 2 amide bonds. The maximum Gasteiger partial charge on any atom is 0.247 e. The van der Waals surface area contributed by atoms with Gasteiger partial charge in [0.2, 0.25) is 11.8 Å². The van der Waals surface area contributed by atoms with Gasteiger partial charge in [0.15, 0.2) is 0 Å². The third-order valence-corrected chi connectivity index (χ3v) is 6.76. The lowest BCUT2D eigenvalue weighted by Crippen LogP contribution is -2.55. The molecule has 0 spiro atoms. The van der Waals surface area contributed by atoms with E-state index in [2.05, 4.69) is 34.8 Å². The highest BCUT2D eigenvalue weighted by Crippen LogP contribution is 2.30. The van der Waals surface area contributed by atoms with E-state index in [1.54, 1.807) is 11.0 Å². The van der Waals surface area contributed by atoms with Gasteiger partial charge in [-0.3, -0.25) is 9.59 Å². The van der Waals surface area contributed by atoms with Crippen LogP contribution in [0.2, 0.25) is 0 Å².